The molecule has 1 heterocycles. The van der Waals surface area contributed by atoms with Crippen molar-refractivity contribution in [3.05, 3.63) is 53.8 Å². The molecule has 8 heteroatoms. The number of piperidine rings is 1. The maximum atomic E-state index is 14.0. The molecule has 1 aliphatic rings. The summed E-state index contributed by atoms with van der Waals surface area (Å²) in [5.74, 6) is -1.14. The van der Waals surface area contributed by atoms with Crippen LogP contribution in [0.3, 0.4) is 0 Å². The molecule has 1 atom stereocenters. The lowest BCUT2D eigenvalue weighted by Crippen LogP contribution is -2.41. The molecule has 0 bridgehead atoms. The van der Waals surface area contributed by atoms with E-state index in [2.05, 4.69) is 25.2 Å². The molecule has 0 saturated carbocycles. The number of nitrogens with zero attached hydrogens (tertiary/aromatic N) is 1. The summed E-state index contributed by atoms with van der Waals surface area (Å²) >= 11 is 1.81. The number of nitrogens with one attached hydrogen (secondary N) is 1. The van der Waals surface area contributed by atoms with Gasteiger partial charge >= 0.3 is 0 Å². The van der Waals surface area contributed by atoms with E-state index in [1.807, 2.05) is 30.8 Å². The van der Waals surface area contributed by atoms with Crippen LogP contribution in [-0.2, 0) is 14.8 Å². The maximum absolute atomic E-state index is 14.0. The van der Waals surface area contributed by atoms with Crippen molar-refractivity contribution in [1.29, 1.82) is 0 Å². The van der Waals surface area contributed by atoms with Gasteiger partial charge in [0.25, 0.3) is 0 Å². The minimum absolute atomic E-state index is 0.103. The van der Waals surface area contributed by atoms with Crippen LogP contribution in [0.4, 0.5) is 10.1 Å². The van der Waals surface area contributed by atoms with E-state index in [-0.39, 0.29) is 29.8 Å². The number of aryl methyl sites for hydroxylation is 1. The monoisotopic (exact) mass is 464 g/mol. The molecule has 3 rings (SSSR count). The van der Waals surface area contributed by atoms with Crippen molar-refractivity contribution >= 4 is 33.4 Å². The Morgan fingerprint density at radius 2 is 1.90 bits per heavy atom. The number of rotatable bonds is 7. The third-order valence-electron chi connectivity index (χ3n) is 5.65. The average molecular weight is 465 g/mol. The molecule has 0 radical (unpaired) electrons. The number of amides is 1. The van der Waals surface area contributed by atoms with Gasteiger partial charge in [0, 0.05) is 34.8 Å². The van der Waals surface area contributed by atoms with E-state index >= 15 is 0 Å². The zero-order valence-electron chi connectivity index (χ0n) is 18.1. The van der Waals surface area contributed by atoms with Gasteiger partial charge in [-0.25, -0.2) is 12.8 Å². The lowest BCUT2D eigenvalue weighted by Gasteiger charge is -2.30. The molecule has 0 aromatic heterocycles. The fourth-order valence-corrected chi connectivity index (χ4v) is 6.11. The van der Waals surface area contributed by atoms with Gasteiger partial charge in [0.05, 0.1) is 0 Å². The van der Waals surface area contributed by atoms with Crippen molar-refractivity contribution < 1.29 is 17.6 Å². The number of carbonyl (C=O) groups excluding carboxylic acids is 1. The van der Waals surface area contributed by atoms with E-state index < -0.39 is 15.8 Å². The average Bonchev–Trinajstić information content (AvgIpc) is 2.75. The first kappa shape index (κ1) is 23.8. The van der Waals surface area contributed by atoms with E-state index in [0.29, 0.717) is 18.1 Å². The Kier molecular flexibility index (Phi) is 7.78. The molecule has 2 aromatic carbocycles. The fourth-order valence-electron chi connectivity index (χ4n) is 3.55. The van der Waals surface area contributed by atoms with Crippen molar-refractivity contribution in [3.63, 3.8) is 0 Å². The van der Waals surface area contributed by atoms with Crippen LogP contribution in [0.15, 0.2) is 52.3 Å². The molecule has 1 aliphatic heterocycles. The van der Waals surface area contributed by atoms with E-state index in [4.69, 9.17) is 0 Å². The van der Waals surface area contributed by atoms with Crippen LogP contribution in [0.2, 0.25) is 0 Å². The molecule has 5 nitrogen and oxygen atoms in total. The molecule has 1 amide bonds. The van der Waals surface area contributed by atoms with Crippen LogP contribution in [0.5, 0.6) is 0 Å². The van der Waals surface area contributed by atoms with Crippen molar-refractivity contribution in [1.82, 2.24) is 4.31 Å². The Morgan fingerprint density at radius 1 is 1.23 bits per heavy atom. The number of anilines is 1. The second kappa shape index (κ2) is 10.1. The van der Waals surface area contributed by atoms with Crippen LogP contribution in [0.1, 0.15) is 38.7 Å². The topological polar surface area (TPSA) is 66.5 Å². The van der Waals surface area contributed by atoms with Gasteiger partial charge in [-0.15, -0.1) is 11.8 Å². The van der Waals surface area contributed by atoms with E-state index in [0.717, 1.165) is 23.7 Å². The number of hydrogen-bond acceptors (Lipinski definition) is 4. The third kappa shape index (κ3) is 5.67. The number of hydrogen-bond donors (Lipinski definition) is 1. The van der Waals surface area contributed by atoms with Crippen molar-refractivity contribution in [3.8, 4) is 0 Å². The zero-order chi connectivity index (χ0) is 22.6. The summed E-state index contributed by atoms with van der Waals surface area (Å²) in [5.41, 5.74) is 1.78. The first-order chi connectivity index (χ1) is 14.7. The number of sulfonamides is 1. The molecular formula is C23H29FN2O3S2. The third-order valence-corrected chi connectivity index (χ3v) is 8.84. The van der Waals surface area contributed by atoms with E-state index in [1.165, 1.54) is 27.4 Å². The van der Waals surface area contributed by atoms with Gasteiger partial charge < -0.3 is 5.32 Å². The maximum Gasteiger partial charge on any atom is 0.245 e. The predicted octanol–water partition coefficient (Wildman–Crippen LogP) is 5.06. The minimum Gasteiger partial charge on any atom is -0.326 e. The Labute approximate surface area is 188 Å². The van der Waals surface area contributed by atoms with Gasteiger partial charge in [0.15, 0.2) is 0 Å². The summed E-state index contributed by atoms with van der Waals surface area (Å²) in [4.78, 5) is 13.6. The fraction of sp³-hybridized carbons (Fsp3) is 0.435. The smallest absolute Gasteiger partial charge is 0.245 e. The highest BCUT2D eigenvalue weighted by molar-refractivity contribution is 7.99. The van der Waals surface area contributed by atoms with E-state index in [9.17, 15) is 17.6 Å². The summed E-state index contributed by atoms with van der Waals surface area (Å²) in [5, 5.41) is 3.53. The van der Waals surface area contributed by atoms with Gasteiger partial charge in [0.1, 0.15) is 10.7 Å². The van der Waals surface area contributed by atoms with Crippen LogP contribution in [0.25, 0.3) is 0 Å². The Morgan fingerprint density at radius 3 is 2.52 bits per heavy atom. The Balaban J connectivity index is 1.60. The van der Waals surface area contributed by atoms with Gasteiger partial charge in [-0.1, -0.05) is 26.0 Å². The van der Waals surface area contributed by atoms with Gasteiger partial charge in [-0.05, 0) is 62.1 Å². The highest BCUT2D eigenvalue weighted by Gasteiger charge is 2.33. The molecule has 168 valence electrons. The van der Waals surface area contributed by atoms with Gasteiger partial charge in [-0.2, -0.15) is 4.31 Å². The summed E-state index contributed by atoms with van der Waals surface area (Å²) in [6.07, 6.45) is 1.90. The Hall–Kier alpha value is -1.90. The van der Waals surface area contributed by atoms with Crippen LogP contribution >= 0.6 is 11.8 Å². The normalized spacial score (nSPS) is 16.8. The first-order valence-corrected chi connectivity index (χ1v) is 12.9. The van der Waals surface area contributed by atoms with Gasteiger partial charge in [-0.3, -0.25) is 4.79 Å². The number of thioether (sulfide) groups is 1. The van der Waals surface area contributed by atoms with Crippen LogP contribution < -0.4 is 5.32 Å². The highest BCUT2D eigenvalue weighted by Crippen LogP contribution is 2.30. The molecule has 1 unspecified atom stereocenters. The summed E-state index contributed by atoms with van der Waals surface area (Å²) in [6, 6.07) is 11.4. The zero-order valence-corrected chi connectivity index (χ0v) is 19.7. The molecule has 0 spiro atoms. The van der Waals surface area contributed by atoms with Crippen molar-refractivity contribution in [2.75, 3.05) is 18.4 Å². The van der Waals surface area contributed by atoms with Crippen molar-refractivity contribution in [2.45, 2.75) is 55.1 Å². The number of benzene rings is 2. The summed E-state index contributed by atoms with van der Waals surface area (Å²) in [7, 11) is -3.90. The Bertz CT molecular complexity index is 1030. The minimum atomic E-state index is -3.90. The van der Waals surface area contributed by atoms with E-state index in [1.54, 1.807) is 0 Å². The van der Waals surface area contributed by atoms with Crippen LogP contribution in [0, 0.1) is 18.7 Å². The lowest BCUT2D eigenvalue weighted by molar-refractivity contribution is -0.120. The first-order valence-electron chi connectivity index (χ1n) is 10.5. The van der Waals surface area contributed by atoms with Crippen molar-refractivity contribution in [2.24, 2.45) is 5.92 Å². The summed E-state index contributed by atoms with van der Waals surface area (Å²) < 4.78 is 40.7. The molecule has 31 heavy (non-hydrogen) atoms. The van der Waals surface area contributed by atoms with Crippen LogP contribution in [-0.4, -0.2) is 37.0 Å². The SMILES string of the molecule is CCC(C)Sc1ccc(NC(=O)C2CCN(S(=O)(=O)c3ccccc3F)CC2)c(C)c1. The molecular weight excluding hydrogens is 435 g/mol. The molecule has 1 fully saturated rings. The molecule has 2 aromatic rings. The molecule has 0 aliphatic carbocycles. The second-order valence-electron chi connectivity index (χ2n) is 7.91. The standard InChI is InChI=1S/C23H29FN2O3S2/c1-4-17(3)30-19-9-10-21(16(2)15-19)25-23(27)18-11-13-26(14-12-18)31(28,29)22-8-6-5-7-20(22)24/h5-10,15,17-18H,4,11-14H2,1-3H3,(H,25,27). The quantitative estimate of drug-likeness (QED) is 0.582. The lowest BCUT2D eigenvalue weighted by atomic mass is 9.97. The predicted molar refractivity (Wildman–Crippen MR) is 123 cm³/mol. The highest BCUT2D eigenvalue weighted by atomic mass is 32.2. The molecule has 1 N–H and O–H groups in total. The number of carbonyl (C=O) groups is 1. The molecule has 1 saturated heterocycles. The largest absolute Gasteiger partial charge is 0.326 e. The van der Waals surface area contributed by atoms with Gasteiger partial charge in [0.2, 0.25) is 15.9 Å². The number of halogens is 1. The summed E-state index contributed by atoms with van der Waals surface area (Å²) in [6.45, 7) is 6.71. The second-order valence-corrected chi connectivity index (χ2v) is 11.3.